The molecule has 3 heterocycles. The number of nitrogens with one attached hydrogen (secondary N) is 1. The van der Waals surface area contributed by atoms with Gasteiger partial charge in [0.05, 0.1) is 0 Å². The van der Waals surface area contributed by atoms with Gasteiger partial charge in [-0.25, -0.2) is 4.99 Å². The number of nitrogens with zero attached hydrogens (tertiary/aromatic N) is 5. The van der Waals surface area contributed by atoms with Crippen molar-refractivity contribution in [1.82, 2.24) is 19.9 Å². The Hall–Kier alpha value is -1.98. The standard InChI is InChI=1S/C10H12N6/c1-16-4-2-3-7(16)15-10-8-9(12-5-11-8)13-6-14-10/h5-6,11H,2-4H2,1H3/q+1. The van der Waals surface area contributed by atoms with E-state index in [4.69, 9.17) is 0 Å². The van der Waals surface area contributed by atoms with E-state index in [1.165, 1.54) is 6.33 Å². The van der Waals surface area contributed by atoms with Crippen molar-refractivity contribution in [3.8, 4) is 0 Å². The first-order chi connectivity index (χ1) is 7.84. The van der Waals surface area contributed by atoms with E-state index in [0.29, 0.717) is 11.6 Å². The Labute approximate surface area is 93.1 Å². The van der Waals surface area contributed by atoms with Gasteiger partial charge in [0.15, 0.2) is 6.33 Å². The summed E-state index contributed by atoms with van der Waals surface area (Å²) in [6.07, 6.45) is 5.28. The molecule has 3 rings (SSSR count). The number of likely N-dealkylation sites (tertiary alicyclic amines) is 1. The Balaban J connectivity index is 1.99. The average molecular weight is 216 g/mol. The van der Waals surface area contributed by atoms with E-state index in [1.807, 2.05) is 0 Å². The highest BCUT2D eigenvalue weighted by Crippen LogP contribution is 2.30. The number of rotatable bonds is 1. The van der Waals surface area contributed by atoms with Crippen LogP contribution in [0.25, 0.3) is 0 Å². The van der Waals surface area contributed by atoms with Gasteiger partial charge >= 0.3 is 5.82 Å². The fourth-order valence-electron chi connectivity index (χ4n) is 1.89. The lowest BCUT2D eigenvalue weighted by atomic mass is 10.3. The van der Waals surface area contributed by atoms with E-state index >= 15 is 0 Å². The Morgan fingerprint density at radius 2 is 2.44 bits per heavy atom. The maximum Gasteiger partial charge on any atom is 0.341 e. The second-order valence-corrected chi connectivity index (χ2v) is 3.85. The molecular weight excluding hydrogens is 204 g/mol. The van der Waals surface area contributed by atoms with Crippen molar-refractivity contribution in [2.75, 3.05) is 18.9 Å². The van der Waals surface area contributed by atoms with Gasteiger partial charge in [-0.15, -0.1) is 0 Å². The summed E-state index contributed by atoms with van der Waals surface area (Å²) >= 11 is 0. The molecule has 16 heavy (non-hydrogen) atoms. The van der Waals surface area contributed by atoms with Crippen molar-refractivity contribution in [3.63, 3.8) is 0 Å². The largest absolute Gasteiger partial charge is 0.363 e. The molecule has 0 amide bonds. The first-order valence-corrected chi connectivity index (χ1v) is 5.27. The molecule has 1 aromatic rings. The van der Waals surface area contributed by atoms with Crippen molar-refractivity contribution in [2.45, 2.75) is 12.8 Å². The monoisotopic (exact) mass is 216 g/mol. The van der Waals surface area contributed by atoms with Gasteiger partial charge in [-0.2, -0.15) is 4.98 Å². The molecule has 1 aromatic heterocycles. The summed E-state index contributed by atoms with van der Waals surface area (Å²) in [5, 5.41) is 3.02. The van der Waals surface area contributed by atoms with Crippen molar-refractivity contribution >= 4 is 29.5 Å². The third-order valence-electron chi connectivity index (χ3n) is 2.77. The van der Waals surface area contributed by atoms with Crippen LogP contribution in [-0.2, 0) is 0 Å². The van der Waals surface area contributed by atoms with Gasteiger partial charge < -0.3 is 4.90 Å². The number of fused-ring (bicyclic) bond motifs is 1. The van der Waals surface area contributed by atoms with Crippen LogP contribution in [0.5, 0.6) is 0 Å². The molecule has 2 aliphatic rings. The summed E-state index contributed by atoms with van der Waals surface area (Å²) in [7, 11) is 2.05. The minimum absolute atomic E-state index is 0.662. The van der Waals surface area contributed by atoms with Gasteiger partial charge in [0, 0.05) is 20.0 Å². The lowest BCUT2D eigenvalue weighted by Gasteiger charge is -2.10. The molecule has 1 radical (unpaired) electrons. The Kier molecular flexibility index (Phi) is 2.05. The molecule has 1 N–H and O–H groups in total. The molecule has 0 bridgehead atoms. The zero-order chi connectivity index (χ0) is 11.0. The van der Waals surface area contributed by atoms with E-state index in [0.717, 1.165) is 30.9 Å². The fourth-order valence-corrected chi connectivity index (χ4v) is 1.89. The molecule has 6 heteroatoms. The maximum atomic E-state index is 4.56. The number of anilines is 1. The van der Waals surface area contributed by atoms with Crippen molar-refractivity contribution in [2.24, 2.45) is 4.99 Å². The third kappa shape index (κ3) is 1.42. The Bertz CT molecular complexity index is 478. The van der Waals surface area contributed by atoms with Crippen molar-refractivity contribution in [3.05, 3.63) is 6.33 Å². The van der Waals surface area contributed by atoms with E-state index in [2.05, 4.69) is 37.2 Å². The minimum Gasteiger partial charge on any atom is -0.363 e. The number of aromatic nitrogens is 2. The molecule has 0 unspecified atom stereocenters. The molecule has 0 spiro atoms. The topological polar surface area (TPSA) is 67.5 Å². The van der Waals surface area contributed by atoms with Gasteiger partial charge in [-0.1, -0.05) is 9.98 Å². The summed E-state index contributed by atoms with van der Waals surface area (Å²) in [5.41, 5.74) is 0.801. The van der Waals surface area contributed by atoms with Crippen molar-refractivity contribution < 1.29 is 0 Å². The summed E-state index contributed by atoms with van der Waals surface area (Å²) in [6, 6.07) is 0. The molecule has 6 nitrogen and oxygen atoms in total. The number of aliphatic imine (C=N–C) groups is 2. The van der Waals surface area contributed by atoms with E-state index < -0.39 is 0 Å². The zero-order valence-electron chi connectivity index (χ0n) is 9.01. The highest BCUT2D eigenvalue weighted by atomic mass is 15.2. The van der Waals surface area contributed by atoms with E-state index in [9.17, 15) is 0 Å². The molecule has 0 saturated carbocycles. The van der Waals surface area contributed by atoms with Crippen molar-refractivity contribution in [1.29, 1.82) is 0 Å². The highest BCUT2D eigenvalue weighted by molar-refractivity contribution is 5.95. The van der Waals surface area contributed by atoms with E-state index in [-0.39, 0.29) is 0 Å². The van der Waals surface area contributed by atoms with Crippen LogP contribution in [0.2, 0.25) is 0 Å². The lowest BCUT2D eigenvalue weighted by Crippen LogP contribution is -2.18. The number of amidine groups is 1. The number of hydrogen-bond donors (Lipinski definition) is 1. The van der Waals surface area contributed by atoms with Gasteiger partial charge in [0.2, 0.25) is 17.8 Å². The molecule has 81 valence electrons. The van der Waals surface area contributed by atoms with Crippen LogP contribution in [0.3, 0.4) is 0 Å². The van der Waals surface area contributed by atoms with Crippen LogP contribution in [0, 0.1) is 0 Å². The number of hydrogen-bond acceptors (Lipinski definition) is 5. The molecule has 0 atom stereocenters. The van der Waals surface area contributed by atoms with Gasteiger partial charge in [-0.3, -0.25) is 5.32 Å². The van der Waals surface area contributed by atoms with Crippen LogP contribution in [-0.4, -0.2) is 40.6 Å². The first kappa shape index (κ1) is 9.26. The molecular formula is C10H12N6+. The summed E-state index contributed by atoms with van der Waals surface area (Å²) in [5.74, 6) is 2.41. The molecule has 0 aliphatic carbocycles. The zero-order valence-corrected chi connectivity index (χ0v) is 9.01. The van der Waals surface area contributed by atoms with Gasteiger partial charge in [0.1, 0.15) is 5.84 Å². The second kappa shape index (κ2) is 3.55. The third-order valence-corrected chi connectivity index (χ3v) is 2.77. The molecule has 0 aromatic carbocycles. The highest BCUT2D eigenvalue weighted by Gasteiger charge is 2.23. The maximum absolute atomic E-state index is 4.56. The lowest BCUT2D eigenvalue weighted by molar-refractivity contribution is 0.550. The van der Waals surface area contributed by atoms with Gasteiger partial charge in [-0.05, 0) is 6.42 Å². The van der Waals surface area contributed by atoms with Gasteiger partial charge in [0.25, 0.3) is 0 Å². The summed E-state index contributed by atoms with van der Waals surface area (Å²) < 4.78 is 0. The second-order valence-electron chi connectivity index (χ2n) is 3.85. The predicted molar refractivity (Wildman–Crippen MR) is 62.5 cm³/mol. The van der Waals surface area contributed by atoms with E-state index in [1.54, 1.807) is 6.34 Å². The molecule has 2 aliphatic heterocycles. The fraction of sp³-hybridized carbons (Fsp3) is 0.400. The van der Waals surface area contributed by atoms with Crippen LogP contribution < -0.4 is 10.3 Å². The quantitative estimate of drug-likeness (QED) is 0.748. The normalized spacial score (nSPS) is 20.3. The first-order valence-electron chi connectivity index (χ1n) is 5.27. The minimum atomic E-state index is 0.662. The van der Waals surface area contributed by atoms with Crippen LogP contribution in [0.1, 0.15) is 12.8 Å². The average Bonchev–Trinajstić information content (AvgIpc) is 2.89. The SMILES string of the molecule is CN1CCCC1=Nc1ncnc2c1NC=[N+]2. The molecule has 1 saturated heterocycles. The predicted octanol–water partition coefficient (Wildman–Crippen LogP) is 0.653. The summed E-state index contributed by atoms with van der Waals surface area (Å²) in [4.78, 5) is 19.0. The van der Waals surface area contributed by atoms with Crippen LogP contribution in [0.4, 0.5) is 17.3 Å². The van der Waals surface area contributed by atoms with Crippen LogP contribution >= 0.6 is 0 Å². The summed E-state index contributed by atoms with van der Waals surface area (Å²) in [6.45, 7) is 1.07. The smallest absolute Gasteiger partial charge is 0.341 e. The Morgan fingerprint density at radius 3 is 3.25 bits per heavy atom. The Morgan fingerprint density at radius 1 is 1.50 bits per heavy atom. The molecule has 1 fully saturated rings. The van der Waals surface area contributed by atoms with Crippen LogP contribution in [0.15, 0.2) is 11.3 Å².